The van der Waals surface area contributed by atoms with E-state index >= 15 is 0 Å². The maximum atomic E-state index is 11.9. The van der Waals surface area contributed by atoms with Gasteiger partial charge in [0.05, 0.1) is 11.3 Å². The Bertz CT molecular complexity index is 527. The van der Waals surface area contributed by atoms with Crippen molar-refractivity contribution >= 4 is 33.6 Å². The van der Waals surface area contributed by atoms with Crippen molar-refractivity contribution in [3.8, 4) is 0 Å². The van der Waals surface area contributed by atoms with Crippen LogP contribution in [0.5, 0.6) is 0 Å². The van der Waals surface area contributed by atoms with E-state index in [1.165, 1.54) is 6.07 Å². The maximum Gasteiger partial charge on any atom is 0.337 e. The van der Waals surface area contributed by atoms with Crippen molar-refractivity contribution in [2.24, 2.45) is 0 Å². The first-order valence-corrected chi connectivity index (χ1v) is 6.81. The van der Waals surface area contributed by atoms with Gasteiger partial charge in [0.1, 0.15) is 0 Å². The summed E-state index contributed by atoms with van der Waals surface area (Å²) in [4.78, 5) is 23.0. The molecule has 0 heterocycles. The lowest BCUT2D eigenvalue weighted by atomic mass is 9.79. The molecule has 0 saturated heterocycles. The number of halogens is 1. The average Bonchev–Trinajstić information content (AvgIpc) is 2.29. The third-order valence-corrected chi connectivity index (χ3v) is 4.02. The Balaban J connectivity index is 2.14. The number of benzene rings is 1. The van der Waals surface area contributed by atoms with E-state index in [2.05, 4.69) is 26.6 Å². The Labute approximate surface area is 119 Å². The van der Waals surface area contributed by atoms with Crippen molar-refractivity contribution in [3.05, 3.63) is 28.2 Å². The molecule has 5 nitrogen and oxygen atoms in total. The average molecular weight is 327 g/mol. The molecule has 1 aliphatic carbocycles. The van der Waals surface area contributed by atoms with Gasteiger partial charge in [-0.15, -0.1) is 0 Å². The second-order valence-corrected chi connectivity index (χ2v) is 5.82. The lowest BCUT2D eigenvalue weighted by molar-refractivity contribution is 0.0698. The van der Waals surface area contributed by atoms with Crippen LogP contribution in [-0.4, -0.2) is 22.6 Å². The van der Waals surface area contributed by atoms with Crippen LogP contribution in [0.15, 0.2) is 22.7 Å². The molecule has 0 radical (unpaired) electrons. The van der Waals surface area contributed by atoms with Crippen LogP contribution in [0.4, 0.5) is 10.5 Å². The summed E-state index contributed by atoms with van der Waals surface area (Å²) in [5, 5.41) is 14.6. The van der Waals surface area contributed by atoms with Gasteiger partial charge in [-0.25, -0.2) is 9.59 Å². The summed E-state index contributed by atoms with van der Waals surface area (Å²) >= 11 is 3.25. The standard InChI is InChI=1S/C13H15BrN2O3/c1-13(6-3-7-13)16-12(19)15-10-8(11(17)18)4-2-5-9(10)14/h2,4-5H,3,6-7H2,1H3,(H,17,18)(H2,15,16,19). The number of nitrogens with one attached hydrogen (secondary N) is 2. The molecule has 1 saturated carbocycles. The van der Waals surface area contributed by atoms with Crippen molar-refractivity contribution in [3.63, 3.8) is 0 Å². The van der Waals surface area contributed by atoms with Crippen molar-refractivity contribution in [2.45, 2.75) is 31.7 Å². The van der Waals surface area contributed by atoms with Gasteiger partial charge < -0.3 is 15.7 Å². The highest BCUT2D eigenvalue weighted by molar-refractivity contribution is 9.10. The van der Waals surface area contributed by atoms with E-state index in [-0.39, 0.29) is 22.8 Å². The monoisotopic (exact) mass is 326 g/mol. The Kier molecular flexibility index (Phi) is 3.80. The lowest BCUT2D eigenvalue weighted by Gasteiger charge is -2.39. The summed E-state index contributed by atoms with van der Waals surface area (Å²) < 4.78 is 0.543. The number of anilines is 1. The van der Waals surface area contributed by atoms with Crippen molar-refractivity contribution in [1.82, 2.24) is 5.32 Å². The predicted octanol–water partition coefficient (Wildman–Crippen LogP) is 3.21. The van der Waals surface area contributed by atoms with Gasteiger partial charge in [0.25, 0.3) is 0 Å². The van der Waals surface area contributed by atoms with Gasteiger partial charge >= 0.3 is 12.0 Å². The molecule has 19 heavy (non-hydrogen) atoms. The fourth-order valence-electron chi connectivity index (χ4n) is 2.08. The molecule has 0 aromatic heterocycles. The van der Waals surface area contributed by atoms with E-state index in [4.69, 9.17) is 5.11 Å². The molecule has 2 rings (SSSR count). The molecule has 1 aliphatic rings. The molecular formula is C13H15BrN2O3. The molecule has 1 aromatic rings. The highest BCUT2D eigenvalue weighted by atomic mass is 79.9. The minimum absolute atomic E-state index is 0.0586. The second kappa shape index (κ2) is 5.21. The Hall–Kier alpha value is -1.56. The smallest absolute Gasteiger partial charge is 0.337 e. The van der Waals surface area contributed by atoms with E-state index < -0.39 is 5.97 Å². The molecule has 0 bridgehead atoms. The molecule has 1 aromatic carbocycles. The number of hydrogen-bond acceptors (Lipinski definition) is 2. The summed E-state index contributed by atoms with van der Waals surface area (Å²) in [5.74, 6) is -1.08. The molecule has 2 amide bonds. The van der Waals surface area contributed by atoms with Crippen LogP contribution in [0.1, 0.15) is 36.5 Å². The van der Waals surface area contributed by atoms with Crippen LogP contribution in [0, 0.1) is 0 Å². The molecule has 3 N–H and O–H groups in total. The quantitative estimate of drug-likeness (QED) is 0.798. The van der Waals surface area contributed by atoms with Crippen molar-refractivity contribution < 1.29 is 14.7 Å². The number of urea groups is 1. The van der Waals surface area contributed by atoms with Crippen LogP contribution >= 0.6 is 15.9 Å². The molecule has 102 valence electrons. The third kappa shape index (κ3) is 3.07. The van der Waals surface area contributed by atoms with Crippen molar-refractivity contribution in [1.29, 1.82) is 0 Å². The zero-order valence-corrected chi connectivity index (χ0v) is 12.1. The highest BCUT2D eigenvalue weighted by Crippen LogP contribution is 2.31. The first-order chi connectivity index (χ1) is 8.91. The zero-order chi connectivity index (χ0) is 14.0. The number of para-hydroxylation sites is 1. The number of amides is 2. The fraction of sp³-hybridized carbons (Fsp3) is 0.385. The van der Waals surface area contributed by atoms with E-state index in [0.717, 1.165) is 19.3 Å². The second-order valence-electron chi connectivity index (χ2n) is 4.96. The van der Waals surface area contributed by atoms with Crippen LogP contribution < -0.4 is 10.6 Å². The largest absolute Gasteiger partial charge is 0.478 e. The molecule has 0 aliphatic heterocycles. The zero-order valence-electron chi connectivity index (χ0n) is 10.5. The lowest BCUT2D eigenvalue weighted by Crippen LogP contribution is -2.52. The Morgan fingerprint density at radius 2 is 2.05 bits per heavy atom. The number of carbonyl (C=O) groups is 2. The number of rotatable bonds is 3. The van der Waals surface area contributed by atoms with Crippen molar-refractivity contribution in [2.75, 3.05) is 5.32 Å². The molecule has 0 unspecified atom stereocenters. The van der Waals surface area contributed by atoms with Crippen LogP contribution in [-0.2, 0) is 0 Å². The molecule has 1 fully saturated rings. The number of hydrogen-bond donors (Lipinski definition) is 3. The van der Waals surface area contributed by atoms with E-state index in [9.17, 15) is 9.59 Å². The first kappa shape index (κ1) is 13.9. The Morgan fingerprint density at radius 1 is 1.37 bits per heavy atom. The predicted molar refractivity (Wildman–Crippen MR) is 75.5 cm³/mol. The summed E-state index contributed by atoms with van der Waals surface area (Å²) in [6.07, 6.45) is 3.00. The van der Waals surface area contributed by atoms with E-state index in [1.807, 2.05) is 6.92 Å². The van der Waals surface area contributed by atoms with Gasteiger partial charge in [0, 0.05) is 10.0 Å². The third-order valence-electron chi connectivity index (χ3n) is 3.35. The number of carboxylic acid groups (broad SMARTS) is 1. The SMILES string of the molecule is CC1(NC(=O)Nc2c(Br)cccc2C(=O)O)CCC1. The molecular weight excluding hydrogens is 312 g/mol. The summed E-state index contributed by atoms with van der Waals surface area (Å²) in [6, 6.07) is 4.38. The minimum Gasteiger partial charge on any atom is -0.478 e. The Morgan fingerprint density at radius 3 is 2.58 bits per heavy atom. The van der Waals surface area contributed by atoms with Crippen LogP contribution in [0.2, 0.25) is 0 Å². The van der Waals surface area contributed by atoms with Gasteiger partial charge in [-0.2, -0.15) is 0 Å². The summed E-state index contributed by atoms with van der Waals surface area (Å²) in [5.41, 5.74) is 0.160. The normalized spacial score (nSPS) is 16.3. The molecule has 6 heteroatoms. The van der Waals surface area contributed by atoms with Gasteiger partial charge in [-0.05, 0) is 54.2 Å². The van der Waals surface area contributed by atoms with Crippen LogP contribution in [0.25, 0.3) is 0 Å². The van der Waals surface area contributed by atoms with Crippen LogP contribution in [0.3, 0.4) is 0 Å². The maximum absolute atomic E-state index is 11.9. The summed E-state index contributed by atoms with van der Waals surface area (Å²) in [6.45, 7) is 1.98. The summed E-state index contributed by atoms with van der Waals surface area (Å²) in [7, 11) is 0. The van der Waals surface area contributed by atoms with Gasteiger partial charge in [-0.3, -0.25) is 0 Å². The van der Waals surface area contributed by atoms with Gasteiger partial charge in [0.2, 0.25) is 0 Å². The molecule has 0 spiro atoms. The van der Waals surface area contributed by atoms with Gasteiger partial charge in [-0.1, -0.05) is 6.07 Å². The first-order valence-electron chi connectivity index (χ1n) is 6.02. The topological polar surface area (TPSA) is 78.4 Å². The fourth-order valence-corrected chi connectivity index (χ4v) is 2.55. The van der Waals surface area contributed by atoms with E-state index in [0.29, 0.717) is 4.47 Å². The minimum atomic E-state index is -1.08. The van der Waals surface area contributed by atoms with Gasteiger partial charge in [0.15, 0.2) is 0 Å². The highest BCUT2D eigenvalue weighted by Gasteiger charge is 2.33. The molecule has 0 atom stereocenters. The number of aromatic carboxylic acids is 1. The number of carbonyl (C=O) groups excluding carboxylic acids is 1. The van der Waals surface area contributed by atoms with E-state index in [1.54, 1.807) is 12.1 Å². The number of carboxylic acids is 1.